The predicted octanol–water partition coefficient (Wildman–Crippen LogP) is 3.89. The molecule has 0 spiro atoms. The molecule has 1 aromatic heterocycles. The van der Waals surface area contributed by atoms with E-state index < -0.39 is 0 Å². The average molecular weight is 271 g/mol. The summed E-state index contributed by atoms with van der Waals surface area (Å²) in [6.45, 7) is 9.69. The number of aryl methyl sites for hydroxylation is 2. The minimum atomic E-state index is 0.213. The molecule has 0 amide bonds. The van der Waals surface area contributed by atoms with Crippen molar-refractivity contribution in [1.82, 2.24) is 9.78 Å². The summed E-state index contributed by atoms with van der Waals surface area (Å²) in [6, 6.07) is 8.85. The second-order valence-electron chi connectivity index (χ2n) is 6.32. The minimum Gasteiger partial charge on any atom is -0.378 e. The van der Waals surface area contributed by atoms with Gasteiger partial charge >= 0.3 is 0 Å². The summed E-state index contributed by atoms with van der Waals surface area (Å²) < 4.78 is 1.86. The summed E-state index contributed by atoms with van der Waals surface area (Å²) in [5, 5.41) is 7.92. The van der Waals surface area contributed by atoms with Gasteiger partial charge in [0.2, 0.25) is 0 Å². The lowest BCUT2D eigenvalue weighted by Gasteiger charge is -2.19. The number of anilines is 1. The molecule has 2 rings (SSSR count). The summed E-state index contributed by atoms with van der Waals surface area (Å²) in [5.41, 5.74) is 5.14. The zero-order valence-electron chi connectivity index (χ0n) is 13.2. The first-order valence-corrected chi connectivity index (χ1v) is 7.26. The molecule has 2 aromatic rings. The van der Waals surface area contributed by atoms with Crippen molar-refractivity contribution in [1.29, 1.82) is 0 Å². The highest BCUT2D eigenvalue weighted by atomic mass is 15.3. The van der Waals surface area contributed by atoms with Crippen LogP contribution in [0.1, 0.15) is 44.5 Å². The van der Waals surface area contributed by atoms with Crippen LogP contribution >= 0.6 is 0 Å². The zero-order valence-corrected chi connectivity index (χ0v) is 13.2. The Morgan fingerprint density at radius 1 is 1.15 bits per heavy atom. The number of nitrogens with zero attached hydrogens (tertiary/aromatic N) is 2. The molecule has 1 heterocycles. The van der Waals surface area contributed by atoms with Crippen molar-refractivity contribution in [3.8, 4) is 0 Å². The average Bonchev–Trinajstić information content (AvgIpc) is 2.76. The van der Waals surface area contributed by atoms with E-state index in [4.69, 9.17) is 0 Å². The van der Waals surface area contributed by atoms with Gasteiger partial charge in [-0.25, -0.2) is 0 Å². The maximum absolute atomic E-state index is 4.44. The van der Waals surface area contributed by atoms with E-state index in [0.717, 1.165) is 24.3 Å². The van der Waals surface area contributed by atoms with Crippen LogP contribution in [0.25, 0.3) is 0 Å². The molecular formula is C17H25N3. The fourth-order valence-corrected chi connectivity index (χ4v) is 2.26. The Bertz CT molecular complexity index is 559. The lowest BCUT2D eigenvalue weighted by molar-refractivity contribution is 0.590. The summed E-state index contributed by atoms with van der Waals surface area (Å²) in [4.78, 5) is 0. The van der Waals surface area contributed by atoms with Crippen molar-refractivity contribution in [3.05, 3.63) is 47.3 Å². The van der Waals surface area contributed by atoms with Crippen molar-refractivity contribution in [2.75, 3.05) is 5.32 Å². The monoisotopic (exact) mass is 271 g/mol. The second kappa shape index (κ2) is 5.70. The summed E-state index contributed by atoms with van der Waals surface area (Å²) >= 11 is 0. The topological polar surface area (TPSA) is 29.9 Å². The Kier molecular flexibility index (Phi) is 4.17. The first-order chi connectivity index (χ1) is 9.40. The Morgan fingerprint density at radius 3 is 2.35 bits per heavy atom. The molecule has 0 fully saturated rings. The summed E-state index contributed by atoms with van der Waals surface area (Å²) in [5.74, 6) is 0. The number of benzene rings is 1. The van der Waals surface area contributed by atoms with Gasteiger partial charge in [0, 0.05) is 19.8 Å². The third-order valence-corrected chi connectivity index (χ3v) is 3.54. The van der Waals surface area contributed by atoms with Gasteiger partial charge in [0.15, 0.2) is 0 Å². The van der Waals surface area contributed by atoms with E-state index in [1.807, 2.05) is 17.9 Å². The van der Waals surface area contributed by atoms with E-state index in [2.05, 4.69) is 62.4 Å². The number of hydrogen-bond acceptors (Lipinski definition) is 2. The van der Waals surface area contributed by atoms with Gasteiger partial charge in [0.1, 0.15) is 0 Å². The maximum Gasteiger partial charge on any atom is 0.0853 e. The quantitative estimate of drug-likeness (QED) is 0.914. The van der Waals surface area contributed by atoms with Crippen molar-refractivity contribution in [3.63, 3.8) is 0 Å². The van der Waals surface area contributed by atoms with Crippen LogP contribution in [0.15, 0.2) is 30.5 Å². The molecule has 0 saturated heterocycles. The number of nitrogens with one attached hydrogen (secondary N) is 1. The SMILES string of the molecule is CCc1nn(C)cc1NCc1ccc(C(C)(C)C)cc1. The molecule has 0 saturated carbocycles. The molecule has 108 valence electrons. The lowest BCUT2D eigenvalue weighted by atomic mass is 9.87. The van der Waals surface area contributed by atoms with Gasteiger partial charge in [0.25, 0.3) is 0 Å². The molecular weight excluding hydrogens is 246 g/mol. The Morgan fingerprint density at radius 2 is 1.80 bits per heavy atom. The van der Waals surface area contributed by atoms with Gasteiger partial charge < -0.3 is 5.32 Å². The Hall–Kier alpha value is -1.77. The lowest BCUT2D eigenvalue weighted by Crippen LogP contribution is -2.11. The van der Waals surface area contributed by atoms with E-state index >= 15 is 0 Å². The number of aromatic nitrogens is 2. The van der Waals surface area contributed by atoms with Gasteiger partial charge in [-0.2, -0.15) is 5.10 Å². The molecule has 0 aliphatic rings. The van der Waals surface area contributed by atoms with Gasteiger partial charge in [-0.1, -0.05) is 52.0 Å². The van der Waals surface area contributed by atoms with E-state index in [1.54, 1.807) is 0 Å². The van der Waals surface area contributed by atoms with Crippen LogP contribution in [0.3, 0.4) is 0 Å². The fourth-order valence-electron chi connectivity index (χ4n) is 2.26. The van der Waals surface area contributed by atoms with Crippen LogP contribution in [0.2, 0.25) is 0 Å². The second-order valence-corrected chi connectivity index (χ2v) is 6.32. The minimum absolute atomic E-state index is 0.213. The van der Waals surface area contributed by atoms with Crippen molar-refractivity contribution in [2.45, 2.75) is 46.1 Å². The van der Waals surface area contributed by atoms with Crippen molar-refractivity contribution >= 4 is 5.69 Å². The van der Waals surface area contributed by atoms with Crippen molar-refractivity contribution < 1.29 is 0 Å². The van der Waals surface area contributed by atoms with Gasteiger partial charge in [0.05, 0.1) is 11.4 Å². The molecule has 20 heavy (non-hydrogen) atoms. The maximum atomic E-state index is 4.44. The first kappa shape index (κ1) is 14.6. The van der Waals surface area contributed by atoms with Crippen LogP contribution in [-0.4, -0.2) is 9.78 Å². The van der Waals surface area contributed by atoms with Crippen LogP contribution in [0.4, 0.5) is 5.69 Å². The summed E-state index contributed by atoms with van der Waals surface area (Å²) in [6.07, 6.45) is 2.99. The van der Waals surface area contributed by atoms with Gasteiger partial charge in [-0.05, 0) is 23.0 Å². The van der Waals surface area contributed by atoms with E-state index in [1.165, 1.54) is 11.1 Å². The summed E-state index contributed by atoms with van der Waals surface area (Å²) in [7, 11) is 1.96. The molecule has 0 radical (unpaired) electrons. The largest absolute Gasteiger partial charge is 0.378 e. The molecule has 0 aliphatic heterocycles. The van der Waals surface area contributed by atoms with Crippen LogP contribution in [-0.2, 0) is 25.4 Å². The Labute approximate surface area is 122 Å². The molecule has 3 heteroatoms. The van der Waals surface area contributed by atoms with E-state index in [0.29, 0.717) is 0 Å². The fraction of sp³-hybridized carbons (Fsp3) is 0.471. The molecule has 3 nitrogen and oxygen atoms in total. The highest BCUT2D eigenvalue weighted by molar-refractivity contribution is 5.47. The van der Waals surface area contributed by atoms with Crippen molar-refractivity contribution in [2.24, 2.45) is 7.05 Å². The highest BCUT2D eigenvalue weighted by Gasteiger charge is 2.12. The molecule has 0 unspecified atom stereocenters. The predicted molar refractivity (Wildman–Crippen MR) is 85.1 cm³/mol. The van der Waals surface area contributed by atoms with Crippen LogP contribution in [0, 0.1) is 0 Å². The van der Waals surface area contributed by atoms with E-state index in [9.17, 15) is 0 Å². The van der Waals surface area contributed by atoms with Gasteiger partial charge in [-0.3, -0.25) is 4.68 Å². The highest BCUT2D eigenvalue weighted by Crippen LogP contribution is 2.22. The Balaban J connectivity index is 2.04. The third kappa shape index (κ3) is 3.41. The molecule has 1 N–H and O–H groups in total. The zero-order chi connectivity index (χ0) is 14.8. The van der Waals surface area contributed by atoms with E-state index in [-0.39, 0.29) is 5.41 Å². The number of hydrogen-bond donors (Lipinski definition) is 1. The van der Waals surface area contributed by atoms with Gasteiger partial charge in [-0.15, -0.1) is 0 Å². The molecule has 0 atom stereocenters. The van der Waals surface area contributed by atoms with Crippen LogP contribution < -0.4 is 5.32 Å². The van der Waals surface area contributed by atoms with Crippen LogP contribution in [0.5, 0.6) is 0 Å². The number of rotatable bonds is 4. The normalized spacial score (nSPS) is 11.7. The molecule has 0 aliphatic carbocycles. The standard InChI is InChI=1S/C17H25N3/c1-6-15-16(12-20(5)19-15)18-11-13-7-9-14(10-8-13)17(2,3)4/h7-10,12,18H,6,11H2,1-5H3. The third-order valence-electron chi connectivity index (χ3n) is 3.54. The molecule has 0 bridgehead atoms. The molecule has 1 aromatic carbocycles. The first-order valence-electron chi connectivity index (χ1n) is 7.26. The smallest absolute Gasteiger partial charge is 0.0853 e.